The molecule has 1 saturated heterocycles. The second kappa shape index (κ2) is 4.36. The first-order valence-electron chi connectivity index (χ1n) is 6.14. The summed E-state index contributed by atoms with van der Waals surface area (Å²) in [5, 5.41) is -0.219. The lowest BCUT2D eigenvalue weighted by molar-refractivity contribution is 0.503. The summed E-state index contributed by atoms with van der Waals surface area (Å²) in [5.41, 5.74) is -0.464. The topological polar surface area (TPSA) is 29.0 Å². The van der Waals surface area contributed by atoms with Gasteiger partial charge >= 0.3 is 0 Å². The number of hydrogen-bond donors (Lipinski definition) is 0. The van der Waals surface area contributed by atoms with E-state index in [9.17, 15) is 13.2 Å². The molecule has 1 aliphatic rings. The van der Waals surface area contributed by atoms with E-state index in [0.717, 1.165) is 19.0 Å². The maximum atomic E-state index is 14.4. The number of aryl methyl sites for hydroxylation is 1. The summed E-state index contributed by atoms with van der Waals surface area (Å²) in [6, 6.07) is 0. The fraction of sp³-hybridized carbons (Fsp3) is 0.385. The Kier molecular flexibility index (Phi) is 2.80. The molecule has 1 aliphatic heterocycles. The van der Waals surface area contributed by atoms with Crippen molar-refractivity contribution in [3.63, 3.8) is 0 Å². The molecule has 0 amide bonds. The number of hydrogen-bond acceptors (Lipinski definition) is 3. The minimum absolute atomic E-state index is 0.159. The average Bonchev–Trinajstić information content (AvgIpc) is 2.90. The lowest BCUT2D eigenvalue weighted by atomic mass is 10.1. The molecule has 100 valence electrons. The van der Waals surface area contributed by atoms with Crippen LogP contribution in [0.25, 0.3) is 10.9 Å². The van der Waals surface area contributed by atoms with Crippen molar-refractivity contribution >= 4 is 16.6 Å². The second-order valence-corrected chi connectivity index (χ2v) is 4.66. The Balaban J connectivity index is 2.32. The normalized spacial score (nSPS) is 15.5. The van der Waals surface area contributed by atoms with Crippen LogP contribution in [0, 0.1) is 24.4 Å². The Bertz CT molecular complexity index is 651. The van der Waals surface area contributed by atoms with Crippen LogP contribution in [0.2, 0.25) is 0 Å². The minimum atomic E-state index is -1.15. The second-order valence-electron chi connectivity index (χ2n) is 4.66. The highest BCUT2D eigenvalue weighted by Crippen LogP contribution is 2.33. The van der Waals surface area contributed by atoms with E-state index in [1.807, 2.05) is 0 Å². The first-order valence-corrected chi connectivity index (χ1v) is 6.14. The number of fused-ring (bicyclic) bond motifs is 1. The molecule has 2 aromatic rings. The Hall–Kier alpha value is -1.85. The summed E-state index contributed by atoms with van der Waals surface area (Å²) in [6.07, 6.45) is 2.82. The summed E-state index contributed by atoms with van der Waals surface area (Å²) in [5.74, 6) is -2.72. The smallest absolute Gasteiger partial charge is 0.185 e. The van der Waals surface area contributed by atoms with E-state index in [2.05, 4.69) is 9.97 Å². The number of rotatable bonds is 1. The van der Waals surface area contributed by atoms with E-state index in [-0.39, 0.29) is 16.6 Å². The van der Waals surface area contributed by atoms with Gasteiger partial charge in [-0.1, -0.05) is 0 Å². The van der Waals surface area contributed by atoms with Gasteiger partial charge < -0.3 is 4.90 Å². The van der Waals surface area contributed by atoms with Gasteiger partial charge in [-0.2, -0.15) is 0 Å². The van der Waals surface area contributed by atoms with Gasteiger partial charge in [-0.05, 0) is 19.8 Å². The van der Waals surface area contributed by atoms with Crippen molar-refractivity contribution in [3.8, 4) is 0 Å². The van der Waals surface area contributed by atoms with Gasteiger partial charge in [0.1, 0.15) is 17.0 Å². The van der Waals surface area contributed by atoms with Gasteiger partial charge in [0, 0.05) is 19.3 Å². The zero-order chi connectivity index (χ0) is 13.6. The predicted octanol–water partition coefficient (Wildman–Crippen LogP) is 2.96. The largest absolute Gasteiger partial charge is 0.367 e. The van der Waals surface area contributed by atoms with Gasteiger partial charge in [-0.15, -0.1) is 0 Å². The molecule has 0 atom stereocenters. The van der Waals surface area contributed by atoms with Crippen LogP contribution in [0.1, 0.15) is 18.7 Å². The zero-order valence-electron chi connectivity index (χ0n) is 10.4. The first kappa shape index (κ1) is 12.2. The van der Waals surface area contributed by atoms with Crippen molar-refractivity contribution < 1.29 is 13.2 Å². The molecular weight excluding hydrogens is 255 g/mol. The van der Waals surface area contributed by atoms with Gasteiger partial charge in [-0.25, -0.2) is 23.1 Å². The number of anilines is 1. The summed E-state index contributed by atoms with van der Waals surface area (Å²) in [7, 11) is 0. The van der Waals surface area contributed by atoms with Crippen LogP contribution in [-0.2, 0) is 0 Å². The van der Waals surface area contributed by atoms with Crippen molar-refractivity contribution in [1.82, 2.24) is 9.97 Å². The van der Waals surface area contributed by atoms with Crippen LogP contribution in [0.5, 0.6) is 0 Å². The molecule has 3 nitrogen and oxygen atoms in total. The SMILES string of the molecule is Cc1ncc2c(F)c(F)c(N3CCCC3)c(F)c2n1. The maximum absolute atomic E-state index is 14.4. The van der Waals surface area contributed by atoms with Crippen molar-refractivity contribution in [2.45, 2.75) is 19.8 Å². The van der Waals surface area contributed by atoms with Crippen molar-refractivity contribution in [3.05, 3.63) is 29.5 Å². The molecule has 0 aliphatic carbocycles. The lowest BCUT2D eigenvalue weighted by Gasteiger charge is -2.20. The first-order chi connectivity index (χ1) is 9.09. The van der Waals surface area contributed by atoms with Gasteiger partial charge in [0.05, 0.1) is 5.39 Å². The van der Waals surface area contributed by atoms with Crippen molar-refractivity contribution in [2.75, 3.05) is 18.0 Å². The molecule has 0 bridgehead atoms. The molecule has 0 saturated carbocycles. The fourth-order valence-corrected chi connectivity index (χ4v) is 2.45. The van der Waals surface area contributed by atoms with Gasteiger partial charge in [-0.3, -0.25) is 0 Å². The molecular formula is C13H12F3N3. The van der Waals surface area contributed by atoms with Crippen LogP contribution in [0.3, 0.4) is 0 Å². The van der Waals surface area contributed by atoms with Gasteiger partial charge in [0.15, 0.2) is 17.5 Å². The number of halogens is 3. The van der Waals surface area contributed by atoms with Crippen LogP contribution >= 0.6 is 0 Å². The Morgan fingerprint density at radius 1 is 1.05 bits per heavy atom. The molecule has 0 radical (unpaired) electrons. The maximum Gasteiger partial charge on any atom is 0.185 e. The van der Waals surface area contributed by atoms with E-state index in [0.29, 0.717) is 18.9 Å². The number of aromatic nitrogens is 2. The summed E-state index contributed by atoms with van der Waals surface area (Å²) >= 11 is 0. The molecule has 2 heterocycles. The highest BCUT2D eigenvalue weighted by molar-refractivity contribution is 5.84. The standard InChI is InChI=1S/C13H12F3N3/c1-7-17-6-8-9(14)10(15)13(11(16)12(8)18-7)19-4-2-3-5-19/h6H,2-5H2,1H3. The number of nitrogens with zero attached hydrogens (tertiary/aromatic N) is 3. The van der Waals surface area contributed by atoms with Crippen LogP contribution in [0.15, 0.2) is 6.20 Å². The molecule has 6 heteroatoms. The van der Waals surface area contributed by atoms with Gasteiger partial charge in [0.25, 0.3) is 0 Å². The third-order valence-electron chi connectivity index (χ3n) is 3.38. The summed E-state index contributed by atoms with van der Waals surface area (Å²) < 4.78 is 42.4. The molecule has 0 unspecified atom stereocenters. The quantitative estimate of drug-likeness (QED) is 0.744. The van der Waals surface area contributed by atoms with Crippen LogP contribution in [0.4, 0.5) is 18.9 Å². The van der Waals surface area contributed by atoms with E-state index < -0.39 is 17.5 Å². The van der Waals surface area contributed by atoms with E-state index in [1.165, 1.54) is 4.90 Å². The Labute approximate surface area is 108 Å². The van der Waals surface area contributed by atoms with Crippen LogP contribution < -0.4 is 4.90 Å². The van der Waals surface area contributed by atoms with E-state index >= 15 is 0 Å². The predicted molar refractivity (Wildman–Crippen MR) is 65.6 cm³/mol. The summed E-state index contributed by atoms with van der Waals surface area (Å²) in [4.78, 5) is 9.20. The van der Waals surface area contributed by atoms with Crippen molar-refractivity contribution in [1.29, 1.82) is 0 Å². The monoisotopic (exact) mass is 267 g/mol. The van der Waals surface area contributed by atoms with E-state index in [1.54, 1.807) is 6.92 Å². The highest BCUT2D eigenvalue weighted by Gasteiger charge is 2.27. The minimum Gasteiger partial charge on any atom is -0.367 e. The Morgan fingerprint density at radius 2 is 1.74 bits per heavy atom. The molecule has 19 heavy (non-hydrogen) atoms. The average molecular weight is 267 g/mol. The molecule has 0 N–H and O–H groups in total. The van der Waals surface area contributed by atoms with Crippen molar-refractivity contribution in [2.24, 2.45) is 0 Å². The highest BCUT2D eigenvalue weighted by atomic mass is 19.2. The fourth-order valence-electron chi connectivity index (χ4n) is 2.45. The molecule has 1 aromatic heterocycles. The molecule has 1 fully saturated rings. The molecule has 0 spiro atoms. The van der Waals surface area contributed by atoms with Gasteiger partial charge in [0.2, 0.25) is 0 Å². The third-order valence-corrected chi connectivity index (χ3v) is 3.38. The Morgan fingerprint density at radius 3 is 2.42 bits per heavy atom. The van der Waals surface area contributed by atoms with E-state index in [4.69, 9.17) is 0 Å². The zero-order valence-corrected chi connectivity index (χ0v) is 10.4. The van der Waals surface area contributed by atoms with Crippen LogP contribution in [-0.4, -0.2) is 23.1 Å². The molecule has 1 aromatic carbocycles. The molecule has 3 rings (SSSR count). The summed E-state index contributed by atoms with van der Waals surface area (Å²) in [6.45, 7) is 2.64. The lowest BCUT2D eigenvalue weighted by Crippen LogP contribution is -2.21. The number of benzene rings is 1. The third kappa shape index (κ3) is 1.82.